The molecule has 3 heterocycles. The van der Waals surface area contributed by atoms with Crippen molar-refractivity contribution in [2.75, 3.05) is 7.05 Å². The number of alkyl carbamates (subject to hydrolysis) is 1. The third-order valence-corrected chi connectivity index (χ3v) is 6.55. The van der Waals surface area contributed by atoms with E-state index in [2.05, 4.69) is 15.4 Å². The average molecular weight is 482 g/mol. The second kappa shape index (κ2) is 8.93. The second-order valence-electron chi connectivity index (χ2n) is 8.32. The van der Waals surface area contributed by atoms with Crippen LogP contribution in [0.15, 0.2) is 41.8 Å². The van der Waals surface area contributed by atoms with Gasteiger partial charge in [-0.1, -0.05) is 20.8 Å². The maximum atomic E-state index is 15.9. The first-order valence-corrected chi connectivity index (χ1v) is 11.5. The van der Waals surface area contributed by atoms with Crippen LogP contribution in [0.2, 0.25) is 0 Å². The number of amides is 1. The summed E-state index contributed by atoms with van der Waals surface area (Å²) in [5.74, 6) is -2.10. The van der Waals surface area contributed by atoms with Gasteiger partial charge in [0.25, 0.3) is 10.0 Å². The molecular formula is C21H25F2N5O4S. The number of carbonyl (C=O) groups excluding carboxylic acids is 1. The largest absolute Gasteiger partial charge is 0.441 e. The molecule has 12 heteroatoms. The van der Waals surface area contributed by atoms with Gasteiger partial charge < -0.3 is 10.1 Å². The van der Waals surface area contributed by atoms with Gasteiger partial charge in [-0.25, -0.2) is 26.6 Å². The SMILES string of the molecule is CCn1cc(S(=O)(=O)n2cc(C(OC(=O)NC)C(C)(C)C)c(F)c2-c2cccnc2F)cn1. The Morgan fingerprint density at radius 1 is 1.27 bits per heavy atom. The number of hydrogen-bond donors (Lipinski definition) is 1. The summed E-state index contributed by atoms with van der Waals surface area (Å²) in [5.41, 5.74) is -1.98. The zero-order chi connectivity index (χ0) is 24.6. The van der Waals surface area contributed by atoms with Gasteiger partial charge in [0.15, 0.2) is 5.82 Å². The minimum Gasteiger partial charge on any atom is -0.441 e. The van der Waals surface area contributed by atoms with E-state index < -0.39 is 45.1 Å². The zero-order valence-corrected chi connectivity index (χ0v) is 19.7. The Hall–Kier alpha value is -3.28. The number of nitrogens with one attached hydrogen (secondary N) is 1. The van der Waals surface area contributed by atoms with Crippen molar-refractivity contribution < 1.29 is 26.7 Å². The van der Waals surface area contributed by atoms with Crippen molar-refractivity contribution in [1.29, 1.82) is 0 Å². The molecule has 0 aliphatic rings. The average Bonchev–Trinajstić information content (AvgIpc) is 3.37. The van der Waals surface area contributed by atoms with Crippen LogP contribution in [0.5, 0.6) is 0 Å². The van der Waals surface area contributed by atoms with Crippen LogP contribution in [0.25, 0.3) is 11.3 Å². The molecule has 0 aromatic carbocycles. The molecule has 0 spiro atoms. The molecule has 0 fully saturated rings. The van der Waals surface area contributed by atoms with E-state index >= 15 is 4.39 Å². The lowest BCUT2D eigenvalue weighted by Crippen LogP contribution is -2.29. The summed E-state index contributed by atoms with van der Waals surface area (Å²) in [6.45, 7) is 7.28. The van der Waals surface area contributed by atoms with Gasteiger partial charge in [-0.2, -0.15) is 9.49 Å². The summed E-state index contributed by atoms with van der Waals surface area (Å²) in [6.07, 6.45) is 2.57. The van der Waals surface area contributed by atoms with Gasteiger partial charge in [-0.3, -0.25) is 4.68 Å². The van der Waals surface area contributed by atoms with Crippen LogP contribution in [0.1, 0.15) is 39.4 Å². The minimum atomic E-state index is -4.40. The third kappa shape index (κ3) is 4.61. The summed E-state index contributed by atoms with van der Waals surface area (Å²) in [5, 5.41) is 6.26. The lowest BCUT2D eigenvalue weighted by Gasteiger charge is -2.29. The van der Waals surface area contributed by atoms with Crippen molar-refractivity contribution in [1.82, 2.24) is 24.1 Å². The van der Waals surface area contributed by atoms with Crippen LogP contribution in [-0.2, 0) is 21.3 Å². The van der Waals surface area contributed by atoms with Gasteiger partial charge >= 0.3 is 6.09 Å². The molecule has 3 aromatic rings. The predicted molar refractivity (Wildman–Crippen MR) is 116 cm³/mol. The number of aromatic nitrogens is 4. The van der Waals surface area contributed by atoms with E-state index in [4.69, 9.17) is 4.74 Å². The monoisotopic (exact) mass is 481 g/mol. The summed E-state index contributed by atoms with van der Waals surface area (Å²) in [6, 6.07) is 2.58. The topological polar surface area (TPSA) is 108 Å². The van der Waals surface area contributed by atoms with Crippen molar-refractivity contribution in [3.05, 3.63) is 54.2 Å². The van der Waals surface area contributed by atoms with Gasteiger partial charge in [0.05, 0.1) is 11.8 Å². The standard InChI is InChI=1S/C21H25F2N5O4S/c1-6-27-11-13(10-26-27)33(30,31)28-12-15(18(21(2,3)4)32-20(29)24-5)16(22)17(28)14-8-7-9-25-19(14)23/h7-12,18H,6H2,1-5H3,(H,24,29). The highest BCUT2D eigenvalue weighted by molar-refractivity contribution is 7.90. The van der Waals surface area contributed by atoms with Crippen LogP contribution in [0, 0.1) is 17.2 Å². The predicted octanol–water partition coefficient (Wildman–Crippen LogP) is 3.72. The number of pyridine rings is 1. The maximum absolute atomic E-state index is 15.9. The van der Waals surface area contributed by atoms with Gasteiger partial charge in [0, 0.05) is 43.2 Å². The van der Waals surface area contributed by atoms with Crippen LogP contribution >= 0.6 is 0 Å². The van der Waals surface area contributed by atoms with Crippen LogP contribution in [0.4, 0.5) is 13.6 Å². The van der Waals surface area contributed by atoms with Crippen molar-refractivity contribution in [2.24, 2.45) is 5.41 Å². The first-order valence-electron chi connectivity index (χ1n) is 10.1. The van der Waals surface area contributed by atoms with Gasteiger partial charge in [0.2, 0.25) is 5.95 Å². The molecule has 1 unspecified atom stereocenters. The lowest BCUT2D eigenvalue weighted by molar-refractivity contribution is 0.0294. The maximum Gasteiger partial charge on any atom is 0.407 e. The zero-order valence-electron chi connectivity index (χ0n) is 18.8. The molecule has 0 saturated carbocycles. The van der Waals surface area contributed by atoms with E-state index in [1.165, 1.54) is 30.1 Å². The molecule has 178 valence electrons. The Balaban J connectivity index is 2.33. The summed E-state index contributed by atoms with van der Waals surface area (Å²) in [4.78, 5) is 15.3. The molecule has 1 atom stereocenters. The fourth-order valence-electron chi connectivity index (χ4n) is 3.29. The van der Waals surface area contributed by atoms with Crippen LogP contribution in [0.3, 0.4) is 0 Å². The van der Waals surface area contributed by atoms with Gasteiger partial charge in [-0.05, 0) is 19.1 Å². The number of halogens is 2. The normalized spacial score (nSPS) is 13.1. The highest BCUT2D eigenvalue weighted by Crippen LogP contribution is 2.42. The number of rotatable bonds is 6. The van der Waals surface area contributed by atoms with E-state index in [1.807, 2.05) is 0 Å². The second-order valence-corrected chi connectivity index (χ2v) is 10.1. The third-order valence-electron chi connectivity index (χ3n) is 4.94. The molecule has 9 nitrogen and oxygen atoms in total. The van der Waals surface area contributed by atoms with E-state index in [0.717, 1.165) is 18.6 Å². The molecule has 0 radical (unpaired) electrons. The molecule has 0 bridgehead atoms. The summed E-state index contributed by atoms with van der Waals surface area (Å²) in [7, 11) is -3.05. The Bertz CT molecular complexity index is 1280. The fourth-order valence-corrected chi connectivity index (χ4v) is 4.62. The van der Waals surface area contributed by atoms with Crippen molar-refractivity contribution in [3.8, 4) is 11.3 Å². The summed E-state index contributed by atoms with van der Waals surface area (Å²) >= 11 is 0. The lowest BCUT2D eigenvalue weighted by atomic mass is 9.85. The van der Waals surface area contributed by atoms with Crippen molar-refractivity contribution >= 4 is 16.1 Å². The molecule has 1 N–H and O–H groups in total. The molecule has 33 heavy (non-hydrogen) atoms. The molecule has 3 rings (SSSR count). The Morgan fingerprint density at radius 2 is 1.97 bits per heavy atom. The number of carbonyl (C=O) groups is 1. The number of nitrogens with zero attached hydrogens (tertiary/aromatic N) is 4. The number of aryl methyl sites for hydroxylation is 1. The molecule has 0 saturated heterocycles. The van der Waals surface area contributed by atoms with Crippen LogP contribution in [-0.4, -0.2) is 40.3 Å². The molecule has 0 aliphatic heterocycles. The fraction of sp³-hybridized carbons (Fsp3) is 0.381. The molecule has 3 aromatic heterocycles. The van der Waals surface area contributed by atoms with Crippen molar-refractivity contribution in [3.63, 3.8) is 0 Å². The first-order chi connectivity index (χ1) is 15.4. The van der Waals surface area contributed by atoms with Gasteiger partial charge in [-0.15, -0.1) is 0 Å². The smallest absolute Gasteiger partial charge is 0.407 e. The quantitative estimate of drug-likeness (QED) is 0.538. The Labute approximate surface area is 190 Å². The Morgan fingerprint density at radius 3 is 2.52 bits per heavy atom. The molecule has 1 amide bonds. The molecular weight excluding hydrogens is 456 g/mol. The highest BCUT2D eigenvalue weighted by Gasteiger charge is 2.38. The Kier molecular flexibility index (Phi) is 6.59. The number of ether oxygens (including phenoxy) is 1. The highest BCUT2D eigenvalue weighted by atomic mass is 32.2. The minimum absolute atomic E-state index is 0.212. The van der Waals surface area contributed by atoms with E-state index in [0.29, 0.717) is 10.5 Å². The van der Waals surface area contributed by atoms with E-state index in [-0.39, 0.29) is 16.0 Å². The van der Waals surface area contributed by atoms with Gasteiger partial charge in [0.1, 0.15) is 16.7 Å². The first kappa shape index (κ1) is 24.4. The van der Waals surface area contributed by atoms with E-state index in [1.54, 1.807) is 27.7 Å². The van der Waals surface area contributed by atoms with E-state index in [9.17, 15) is 17.6 Å². The summed E-state index contributed by atoms with van der Waals surface area (Å²) < 4.78 is 64.8. The molecule has 0 aliphatic carbocycles. The van der Waals surface area contributed by atoms with Crippen molar-refractivity contribution in [2.45, 2.75) is 45.2 Å². The van der Waals surface area contributed by atoms with Crippen LogP contribution < -0.4 is 5.32 Å². The number of hydrogen-bond acceptors (Lipinski definition) is 6.